The third-order valence-corrected chi connectivity index (χ3v) is 5.84. The number of halogens is 3. The van der Waals surface area contributed by atoms with E-state index < -0.39 is 23.6 Å². The number of nitrogens with zero attached hydrogens (tertiary/aromatic N) is 3. The van der Waals surface area contributed by atoms with E-state index in [1.54, 1.807) is 48.7 Å². The maximum Gasteiger partial charge on any atom is 0.417 e. The highest BCUT2D eigenvalue weighted by Gasteiger charge is 2.40. The van der Waals surface area contributed by atoms with Crippen molar-refractivity contribution < 1.29 is 18.0 Å². The van der Waals surface area contributed by atoms with E-state index in [4.69, 9.17) is 5.26 Å². The number of hydrogen-bond acceptors (Lipinski definition) is 4. The molecule has 4 rings (SSSR count). The number of carbonyl (C=O) groups excluding carboxylic acids is 1. The SMILES string of the molecule is Cc1ccc(NC(=O)c2ccccc2)c(C2CCN(c3cncc(C#N)c3)C2)c1C(F)(F)F. The summed E-state index contributed by atoms with van der Waals surface area (Å²) >= 11 is 0. The molecule has 2 aromatic carbocycles. The van der Waals surface area contributed by atoms with Crippen LogP contribution in [0.4, 0.5) is 24.5 Å². The van der Waals surface area contributed by atoms with Gasteiger partial charge in [0.15, 0.2) is 0 Å². The summed E-state index contributed by atoms with van der Waals surface area (Å²) in [6.07, 6.45) is -1.06. The lowest BCUT2D eigenvalue weighted by Gasteiger charge is -2.24. The van der Waals surface area contributed by atoms with E-state index >= 15 is 0 Å². The van der Waals surface area contributed by atoms with Gasteiger partial charge in [0.25, 0.3) is 5.91 Å². The molecule has 3 aromatic rings. The van der Waals surface area contributed by atoms with E-state index in [9.17, 15) is 18.0 Å². The van der Waals surface area contributed by atoms with Crippen LogP contribution >= 0.6 is 0 Å². The van der Waals surface area contributed by atoms with Gasteiger partial charge in [-0.15, -0.1) is 0 Å². The van der Waals surface area contributed by atoms with Gasteiger partial charge in [-0.2, -0.15) is 18.4 Å². The van der Waals surface area contributed by atoms with Crippen molar-refractivity contribution in [1.29, 1.82) is 5.26 Å². The molecule has 1 unspecified atom stereocenters. The number of alkyl halides is 3. The maximum absolute atomic E-state index is 14.1. The Labute approximate surface area is 189 Å². The van der Waals surface area contributed by atoms with Gasteiger partial charge in [-0.05, 0) is 48.7 Å². The zero-order valence-corrected chi connectivity index (χ0v) is 17.9. The third kappa shape index (κ3) is 4.67. The van der Waals surface area contributed by atoms with Crippen LogP contribution in [0.25, 0.3) is 0 Å². The Kier molecular flexibility index (Phi) is 6.05. The molecule has 168 valence electrons. The number of carbonyl (C=O) groups is 1. The summed E-state index contributed by atoms with van der Waals surface area (Å²) in [7, 11) is 0. The number of amides is 1. The van der Waals surface area contributed by atoms with Gasteiger partial charge in [-0.3, -0.25) is 9.78 Å². The minimum absolute atomic E-state index is 0.0960. The monoisotopic (exact) mass is 450 g/mol. The molecule has 1 aliphatic heterocycles. The van der Waals surface area contributed by atoms with Crippen LogP contribution in [-0.2, 0) is 6.18 Å². The summed E-state index contributed by atoms with van der Waals surface area (Å²) < 4.78 is 42.4. The predicted octanol–water partition coefficient (Wildman–Crippen LogP) is 5.53. The Bertz CT molecular complexity index is 1220. The quantitative estimate of drug-likeness (QED) is 0.568. The second kappa shape index (κ2) is 8.94. The van der Waals surface area contributed by atoms with Crippen molar-refractivity contribution in [2.45, 2.75) is 25.4 Å². The fourth-order valence-corrected chi connectivity index (χ4v) is 4.31. The van der Waals surface area contributed by atoms with Crippen LogP contribution in [0, 0.1) is 18.3 Å². The number of hydrogen-bond donors (Lipinski definition) is 1. The summed E-state index contributed by atoms with van der Waals surface area (Å²) in [4.78, 5) is 18.7. The number of nitrogens with one attached hydrogen (secondary N) is 1. The molecule has 33 heavy (non-hydrogen) atoms. The minimum atomic E-state index is -4.57. The fraction of sp³-hybridized carbons (Fsp3) is 0.240. The molecule has 2 heterocycles. The summed E-state index contributed by atoms with van der Waals surface area (Å²) in [5, 5.41) is 11.8. The molecule has 5 nitrogen and oxygen atoms in total. The average Bonchev–Trinajstić information content (AvgIpc) is 3.30. The van der Waals surface area contributed by atoms with Crippen LogP contribution in [-0.4, -0.2) is 24.0 Å². The highest BCUT2D eigenvalue weighted by atomic mass is 19.4. The second-order valence-electron chi connectivity index (χ2n) is 8.01. The third-order valence-electron chi connectivity index (χ3n) is 5.84. The molecule has 1 amide bonds. The Balaban J connectivity index is 1.72. The number of nitriles is 1. The van der Waals surface area contributed by atoms with Crippen molar-refractivity contribution >= 4 is 17.3 Å². The molecular weight excluding hydrogens is 429 g/mol. The summed E-state index contributed by atoms with van der Waals surface area (Å²) in [5.41, 5.74) is 1.11. The zero-order chi connectivity index (χ0) is 23.6. The van der Waals surface area contributed by atoms with E-state index in [2.05, 4.69) is 10.3 Å². The smallest absolute Gasteiger partial charge is 0.370 e. The van der Waals surface area contributed by atoms with Gasteiger partial charge in [-0.1, -0.05) is 24.3 Å². The van der Waals surface area contributed by atoms with E-state index in [-0.39, 0.29) is 16.8 Å². The molecule has 0 spiro atoms. The van der Waals surface area contributed by atoms with E-state index in [1.807, 2.05) is 11.0 Å². The largest absolute Gasteiger partial charge is 0.417 e. The molecule has 1 fully saturated rings. The molecule has 1 N–H and O–H groups in total. The number of rotatable bonds is 4. The molecule has 8 heteroatoms. The fourth-order valence-electron chi connectivity index (χ4n) is 4.31. The lowest BCUT2D eigenvalue weighted by Crippen LogP contribution is -2.23. The van der Waals surface area contributed by atoms with Gasteiger partial charge in [0.05, 0.1) is 23.0 Å². The normalized spacial score (nSPS) is 15.8. The van der Waals surface area contributed by atoms with Gasteiger partial charge in [0, 0.05) is 36.5 Å². The van der Waals surface area contributed by atoms with Gasteiger partial charge in [0.2, 0.25) is 0 Å². The van der Waals surface area contributed by atoms with Crippen molar-refractivity contribution in [3.05, 3.63) is 88.7 Å². The lowest BCUT2D eigenvalue weighted by atomic mass is 9.88. The molecule has 1 saturated heterocycles. The van der Waals surface area contributed by atoms with Crippen LogP contribution in [0.3, 0.4) is 0 Å². The summed E-state index contributed by atoms with van der Waals surface area (Å²) in [6, 6.07) is 15.0. The van der Waals surface area contributed by atoms with Crippen molar-refractivity contribution in [2.75, 3.05) is 23.3 Å². The number of pyridine rings is 1. The Morgan fingerprint density at radius 1 is 1.18 bits per heavy atom. The number of aromatic nitrogens is 1. The molecule has 1 aliphatic rings. The summed E-state index contributed by atoms with van der Waals surface area (Å²) in [5.74, 6) is -0.923. The predicted molar refractivity (Wildman–Crippen MR) is 119 cm³/mol. The van der Waals surface area contributed by atoms with Gasteiger partial charge >= 0.3 is 6.18 Å². The topological polar surface area (TPSA) is 69.0 Å². The molecule has 0 bridgehead atoms. The molecule has 1 aromatic heterocycles. The van der Waals surface area contributed by atoms with Crippen molar-refractivity contribution in [1.82, 2.24) is 4.98 Å². The Hall–Kier alpha value is -3.86. The van der Waals surface area contributed by atoms with Gasteiger partial charge < -0.3 is 10.2 Å². The first kappa shape index (κ1) is 22.3. The van der Waals surface area contributed by atoms with Crippen LogP contribution in [0.5, 0.6) is 0 Å². The molecule has 0 saturated carbocycles. The molecule has 0 radical (unpaired) electrons. The second-order valence-corrected chi connectivity index (χ2v) is 8.01. The van der Waals surface area contributed by atoms with E-state index in [0.717, 1.165) is 0 Å². The standard InChI is InChI=1S/C25H21F3N4O/c1-16-7-8-21(31-24(33)18-5-3-2-4-6-18)22(23(16)25(26,27)28)19-9-10-32(15-19)20-11-17(12-29)13-30-14-20/h2-8,11,13-14,19H,9-10,15H2,1H3,(H,31,33). The Morgan fingerprint density at radius 2 is 1.94 bits per heavy atom. The first-order valence-corrected chi connectivity index (χ1v) is 10.4. The van der Waals surface area contributed by atoms with Gasteiger partial charge in [-0.25, -0.2) is 0 Å². The van der Waals surface area contributed by atoms with Crippen LogP contribution in [0.1, 0.15) is 45.0 Å². The van der Waals surface area contributed by atoms with Crippen LogP contribution in [0.2, 0.25) is 0 Å². The minimum Gasteiger partial charge on any atom is -0.370 e. The highest BCUT2D eigenvalue weighted by molar-refractivity contribution is 6.04. The average molecular weight is 450 g/mol. The number of anilines is 2. The number of aryl methyl sites for hydroxylation is 1. The Morgan fingerprint density at radius 3 is 2.64 bits per heavy atom. The van der Waals surface area contributed by atoms with Gasteiger partial charge in [0.1, 0.15) is 6.07 Å². The van der Waals surface area contributed by atoms with Crippen LogP contribution < -0.4 is 10.2 Å². The maximum atomic E-state index is 14.1. The van der Waals surface area contributed by atoms with Crippen molar-refractivity contribution in [3.8, 4) is 6.07 Å². The first-order valence-electron chi connectivity index (χ1n) is 10.4. The first-order chi connectivity index (χ1) is 15.8. The lowest BCUT2D eigenvalue weighted by molar-refractivity contribution is -0.138. The van der Waals surface area contributed by atoms with Crippen LogP contribution in [0.15, 0.2) is 60.9 Å². The number of benzene rings is 2. The van der Waals surface area contributed by atoms with E-state index in [1.165, 1.54) is 19.2 Å². The van der Waals surface area contributed by atoms with Crippen molar-refractivity contribution in [2.24, 2.45) is 0 Å². The van der Waals surface area contributed by atoms with Crippen molar-refractivity contribution in [3.63, 3.8) is 0 Å². The molecule has 1 atom stereocenters. The molecular formula is C25H21F3N4O. The zero-order valence-electron chi connectivity index (χ0n) is 17.9. The molecule has 0 aliphatic carbocycles. The highest BCUT2D eigenvalue weighted by Crippen LogP contribution is 2.44. The van der Waals surface area contributed by atoms with E-state index in [0.29, 0.717) is 36.3 Å². The summed E-state index contributed by atoms with van der Waals surface area (Å²) in [6.45, 7) is 2.26.